The van der Waals surface area contributed by atoms with E-state index >= 15 is 0 Å². The van der Waals surface area contributed by atoms with Crippen LogP contribution in [0.15, 0.2) is 54.6 Å². The van der Waals surface area contributed by atoms with Gasteiger partial charge in [-0.25, -0.2) is 4.90 Å². The molecule has 7 heteroatoms. The Bertz CT molecular complexity index is 1050. The number of hydrogen-bond acceptors (Lipinski definition) is 2. The van der Waals surface area contributed by atoms with Gasteiger partial charge in [-0.1, -0.05) is 88.9 Å². The molecule has 4 rings (SSSR count). The number of anilines is 1. The number of rotatable bonds is 2. The highest BCUT2D eigenvalue weighted by molar-refractivity contribution is 6.56. The zero-order chi connectivity index (χ0) is 19.3. The van der Waals surface area contributed by atoms with E-state index in [-0.39, 0.29) is 31.2 Å². The van der Waals surface area contributed by atoms with Gasteiger partial charge < -0.3 is 0 Å². The lowest BCUT2D eigenvalue weighted by Crippen LogP contribution is -2.29. The molecule has 3 aromatic carbocycles. The number of benzene rings is 3. The summed E-state index contributed by atoms with van der Waals surface area (Å²) in [5.74, 6) is -1.18. The van der Waals surface area contributed by atoms with Crippen molar-refractivity contribution < 1.29 is 9.59 Å². The van der Waals surface area contributed by atoms with Crippen molar-refractivity contribution in [1.29, 1.82) is 0 Å². The molecule has 0 aromatic heterocycles. The van der Waals surface area contributed by atoms with Gasteiger partial charge in [0.2, 0.25) is 0 Å². The Hall–Kier alpha value is -2.04. The average Bonchev–Trinajstić information content (AvgIpc) is 2.96. The van der Waals surface area contributed by atoms with Gasteiger partial charge in [-0.3, -0.25) is 9.59 Å². The highest BCUT2D eigenvalue weighted by Crippen LogP contribution is 2.45. The molecule has 0 unspecified atom stereocenters. The molecule has 1 aliphatic rings. The maximum Gasteiger partial charge on any atom is 0.267 e. The van der Waals surface area contributed by atoms with Crippen molar-refractivity contribution >= 4 is 63.9 Å². The lowest BCUT2D eigenvalue weighted by Gasteiger charge is -2.14. The Labute approximate surface area is 175 Å². The second-order valence-electron chi connectivity index (χ2n) is 5.86. The van der Waals surface area contributed by atoms with E-state index in [1.54, 1.807) is 12.1 Å². The molecule has 0 saturated heterocycles. The molecule has 3 aromatic rings. The summed E-state index contributed by atoms with van der Waals surface area (Å²) >= 11 is 24.4. The average molecular weight is 437 g/mol. The smallest absolute Gasteiger partial charge is 0.267 e. The van der Waals surface area contributed by atoms with Crippen molar-refractivity contribution in [2.24, 2.45) is 0 Å². The first kappa shape index (κ1) is 18.3. The minimum absolute atomic E-state index is 0.0341. The standard InChI is InChI=1S/C20H9Cl4NO2/c21-15-13-14(16(22)18(24)17(15)23)20(27)25(19(13)26)12-8-6-11(7-9-12)10-4-2-1-3-5-10/h1-9H. The van der Waals surface area contributed by atoms with E-state index < -0.39 is 11.8 Å². The molecule has 0 radical (unpaired) electrons. The first-order chi connectivity index (χ1) is 12.9. The molecule has 2 amide bonds. The van der Waals surface area contributed by atoms with Crippen LogP contribution < -0.4 is 4.90 Å². The van der Waals surface area contributed by atoms with Crippen molar-refractivity contribution in [2.75, 3.05) is 4.90 Å². The third-order valence-electron chi connectivity index (χ3n) is 4.33. The zero-order valence-corrected chi connectivity index (χ0v) is 16.5. The molecule has 1 heterocycles. The van der Waals surface area contributed by atoms with Crippen molar-refractivity contribution in [1.82, 2.24) is 0 Å². The number of nitrogens with zero attached hydrogens (tertiary/aromatic N) is 1. The second-order valence-corrected chi connectivity index (χ2v) is 7.38. The maximum absolute atomic E-state index is 12.9. The third kappa shape index (κ3) is 2.82. The topological polar surface area (TPSA) is 37.4 Å². The van der Waals surface area contributed by atoms with Gasteiger partial charge in [-0.15, -0.1) is 0 Å². The number of carbonyl (C=O) groups is 2. The van der Waals surface area contributed by atoms with E-state index in [0.29, 0.717) is 5.69 Å². The van der Waals surface area contributed by atoms with Crippen LogP contribution in [0.2, 0.25) is 20.1 Å². The number of imide groups is 1. The number of carbonyl (C=O) groups excluding carboxylic acids is 2. The highest BCUT2D eigenvalue weighted by Gasteiger charge is 2.42. The first-order valence-electron chi connectivity index (χ1n) is 7.82. The fraction of sp³-hybridized carbons (Fsp3) is 0. The normalized spacial score (nSPS) is 13.3. The Morgan fingerprint density at radius 3 is 1.48 bits per heavy atom. The summed E-state index contributed by atoms with van der Waals surface area (Å²) in [6, 6.07) is 16.8. The third-order valence-corrected chi connectivity index (χ3v) is 6.14. The van der Waals surface area contributed by atoms with Crippen molar-refractivity contribution in [3.8, 4) is 11.1 Å². The molecule has 0 N–H and O–H groups in total. The second kappa shape index (κ2) is 6.84. The summed E-state index contributed by atoms with van der Waals surface area (Å²) in [7, 11) is 0. The molecule has 0 fully saturated rings. The number of halogens is 4. The van der Waals surface area contributed by atoms with Crippen LogP contribution in [0.4, 0.5) is 5.69 Å². The predicted octanol–water partition coefficient (Wildman–Crippen LogP) is 6.77. The molecule has 0 aliphatic carbocycles. The summed E-state index contributed by atoms with van der Waals surface area (Å²) in [6.45, 7) is 0. The van der Waals surface area contributed by atoms with E-state index in [0.717, 1.165) is 16.0 Å². The van der Waals surface area contributed by atoms with Gasteiger partial charge >= 0.3 is 0 Å². The number of fused-ring (bicyclic) bond motifs is 1. The summed E-state index contributed by atoms with van der Waals surface area (Å²) in [6.07, 6.45) is 0. The summed E-state index contributed by atoms with van der Waals surface area (Å²) < 4.78 is 0. The number of amides is 2. The summed E-state index contributed by atoms with van der Waals surface area (Å²) in [5, 5.41) is -0.264. The SMILES string of the molecule is O=C1c2c(Cl)c(Cl)c(Cl)c(Cl)c2C(=O)N1c1ccc(-c2ccccc2)cc1. The molecule has 3 nitrogen and oxygen atoms in total. The fourth-order valence-electron chi connectivity index (χ4n) is 3.02. The molecule has 0 spiro atoms. The van der Waals surface area contributed by atoms with Crippen LogP contribution in [0.1, 0.15) is 20.7 Å². The van der Waals surface area contributed by atoms with Crippen LogP contribution in [0.5, 0.6) is 0 Å². The molecule has 27 heavy (non-hydrogen) atoms. The van der Waals surface area contributed by atoms with Crippen molar-refractivity contribution in [2.45, 2.75) is 0 Å². The maximum atomic E-state index is 12.9. The number of hydrogen-bond donors (Lipinski definition) is 0. The minimum Gasteiger partial charge on any atom is -0.268 e. The fourth-order valence-corrected chi connectivity index (χ4v) is 4.03. The van der Waals surface area contributed by atoms with E-state index in [1.807, 2.05) is 42.5 Å². The largest absolute Gasteiger partial charge is 0.268 e. The Kier molecular flexibility index (Phi) is 4.65. The van der Waals surface area contributed by atoms with E-state index in [1.165, 1.54) is 0 Å². The van der Waals surface area contributed by atoms with Crippen LogP contribution in [0.25, 0.3) is 11.1 Å². The lowest BCUT2D eigenvalue weighted by molar-refractivity contribution is 0.0926. The zero-order valence-electron chi connectivity index (χ0n) is 13.5. The molecule has 0 saturated carbocycles. The van der Waals surface area contributed by atoms with E-state index in [9.17, 15) is 9.59 Å². The van der Waals surface area contributed by atoms with Gasteiger partial charge in [0.25, 0.3) is 11.8 Å². The van der Waals surface area contributed by atoms with E-state index in [4.69, 9.17) is 46.4 Å². The van der Waals surface area contributed by atoms with Crippen LogP contribution in [0.3, 0.4) is 0 Å². The van der Waals surface area contributed by atoms with Gasteiger partial charge in [0.05, 0.1) is 36.9 Å². The van der Waals surface area contributed by atoms with Crippen molar-refractivity contribution in [3.05, 3.63) is 85.8 Å². The van der Waals surface area contributed by atoms with Gasteiger partial charge in [0.15, 0.2) is 0 Å². The van der Waals surface area contributed by atoms with Crippen LogP contribution in [0, 0.1) is 0 Å². The van der Waals surface area contributed by atoms with Gasteiger partial charge in [-0.05, 0) is 23.3 Å². The van der Waals surface area contributed by atoms with Crippen molar-refractivity contribution in [3.63, 3.8) is 0 Å². The molecular weight excluding hydrogens is 428 g/mol. The molecule has 1 aliphatic heterocycles. The van der Waals surface area contributed by atoms with E-state index in [2.05, 4.69) is 0 Å². The molecule has 134 valence electrons. The van der Waals surface area contributed by atoms with Crippen LogP contribution in [-0.4, -0.2) is 11.8 Å². The Morgan fingerprint density at radius 1 is 0.556 bits per heavy atom. The predicted molar refractivity (Wildman–Crippen MR) is 109 cm³/mol. The molecular formula is C20H9Cl4NO2. The minimum atomic E-state index is -0.590. The van der Waals surface area contributed by atoms with Gasteiger partial charge in [-0.2, -0.15) is 0 Å². The van der Waals surface area contributed by atoms with Gasteiger partial charge in [0, 0.05) is 0 Å². The Morgan fingerprint density at radius 2 is 1.00 bits per heavy atom. The molecule has 0 bridgehead atoms. The molecule has 0 atom stereocenters. The quantitative estimate of drug-likeness (QED) is 0.252. The summed E-state index contributed by atoms with van der Waals surface area (Å²) in [4.78, 5) is 26.7. The summed E-state index contributed by atoms with van der Waals surface area (Å²) in [5.41, 5.74) is 2.32. The lowest BCUT2D eigenvalue weighted by atomic mass is 10.1. The Balaban J connectivity index is 1.78. The van der Waals surface area contributed by atoms with Crippen LogP contribution >= 0.6 is 46.4 Å². The highest BCUT2D eigenvalue weighted by atomic mass is 35.5. The first-order valence-corrected chi connectivity index (χ1v) is 9.33. The van der Waals surface area contributed by atoms with Gasteiger partial charge in [0.1, 0.15) is 0 Å². The monoisotopic (exact) mass is 435 g/mol. The van der Waals surface area contributed by atoms with Crippen LogP contribution in [-0.2, 0) is 0 Å².